The summed E-state index contributed by atoms with van der Waals surface area (Å²) in [4.78, 5) is 30.4. The van der Waals surface area contributed by atoms with Crippen molar-refractivity contribution in [3.8, 4) is 11.1 Å². The van der Waals surface area contributed by atoms with Gasteiger partial charge in [-0.15, -0.1) is 0 Å². The smallest absolute Gasteiger partial charge is 0.308 e. The summed E-state index contributed by atoms with van der Waals surface area (Å²) >= 11 is 17.0. The summed E-state index contributed by atoms with van der Waals surface area (Å²) in [6.45, 7) is 1.64. The molecule has 1 aliphatic rings. The third-order valence-corrected chi connectivity index (χ3v) is 9.24. The van der Waals surface area contributed by atoms with E-state index in [0.717, 1.165) is 0 Å². The van der Waals surface area contributed by atoms with Crippen molar-refractivity contribution in [1.29, 1.82) is 0 Å². The number of aromatic nitrogens is 4. The minimum absolute atomic E-state index is 0.00196. The second-order valence-electron chi connectivity index (χ2n) is 11.0. The fourth-order valence-corrected chi connectivity index (χ4v) is 6.42. The van der Waals surface area contributed by atoms with E-state index in [1.807, 2.05) is 0 Å². The fourth-order valence-electron chi connectivity index (χ4n) is 5.55. The molecule has 1 saturated heterocycles. The molecule has 0 radical (unpaired) electrons. The van der Waals surface area contributed by atoms with E-state index in [4.69, 9.17) is 27.9 Å². The van der Waals surface area contributed by atoms with Crippen molar-refractivity contribution in [3.63, 3.8) is 0 Å². The molecule has 0 saturated carbocycles. The van der Waals surface area contributed by atoms with Gasteiger partial charge in [-0.05, 0) is 66.1 Å². The van der Waals surface area contributed by atoms with Crippen LogP contribution in [0.3, 0.4) is 0 Å². The number of hydrogen-bond acceptors (Lipinski definition) is 9. The first-order chi connectivity index (χ1) is 23.1. The molecule has 248 valence electrons. The zero-order valence-electron chi connectivity index (χ0n) is 25.3. The van der Waals surface area contributed by atoms with E-state index >= 15 is 4.39 Å². The molecular formula is C33H27BrCl2F3N7O2. The number of methoxy groups -OCH3 is 1. The van der Waals surface area contributed by atoms with Crippen LogP contribution in [0, 0.1) is 11.7 Å². The summed E-state index contributed by atoms with van der Waals surface area (Å²) < 4.78 is 48.4. The lowest BCUT2D eigenvalue weighted by Crippen LogP contribution is -2.36. The number of fused-ring (bicyclic) bond motifs is 1. The van der Waals surface area contributed by atoms with Crippen LogP contribution in [0.4, 0.5) is 36.2 Å². The molecule has 2 N–H and O–H groups in total. The first-order valence-corrected chi connectivity index (χ1v) is 16.3. The van der Waals surface area contributed by atoms with Gasteiger partial charge >= 0.3 is 5.97 Å². The Labute approximate surface area is 292 Å². The molecule has 0 spiro atoms. The largest absolute Gasteiger partial charge is 0.469 e. The van der Waals surface area contributed by atoms with Gasteiger partial charge in [-0.3, -0.25) is 9.69 Å². The number of benzene rings is 2. The van der Waals surface area contributed by atoms with Gasteiger partial charge in [0.05, 0.1) is 40.0 Å². The number of pyridine rings is 2. The molecule has 0 amide bonds. The average molecular weight is 761 g/mol. The van der Waals surface area contributed by atoms with Gasteiger partial charge in [0, 0.05) is 40.1 Å². The number of carbonyl (C=O) groups is 1. The molecule has 4 heterocycles. The minimum Gasteiger partial charge on any atom is -0.469 e. The SMILES string of the molecule is COC(=O)C1CCN(Cc2ccnc(Nc3cccc(-c4cccc(Nc5nc(C(F)F)nc6cc(Br)cnc56)c4Cl)c3Cl)c2F)CC1. The lowest BCUT2D eigenvalue weighted by atomic mass is 9.96. The van der Waals surface area contributed by atoms with Gasteiger partial charge in [0.2, 0.25) is 0 Å². The molecule has 0 atom stereocenters. The van der Waals surface area contributed by atoms with Crippen LogP contribution in [0.2, 0.25) is 10.0 Å². The predicted molar refractivity (Wildman–Crippen MR) is 183 cm³/mol. The standard InChI is InChI=1S/C33H27BrCl2F3N7O2/c1-48-33(47)17-9-12-46(13-10-17)16-18-8-11-40-30(27(18)37)42-22-6-2-4-20(25(22)35)21-5-3-7-23(26(21)36)43-31-28-24(14-19(34)15-41-28)44-32(45-31)29(38)39/h2-8,11,14-15,17,29H,9-10,12-13,16H2,1H3,(H,40,42)(H,43,44,45). The highest BCUT2D eigenvalue weighted by Crippen LogP contribution is 2.42. The van der Waals surface area contributed by atoms with Gasteiger partial charge in [0.25, 0.3) is 6.43 Å². The molecule has 0 aliphatic carbocycles. The van der Waals surface area contributed by atoms with Crippen LogP contribution in [0.25, 0.3) is 22.2 Å². The molecule has 1 fully saturated rings. The van der Waals surface area contributed by atoms with Crippen molar-refractivity contribution in [3.05, 3.63) is 92.6 Å². The average Bonchev–Trinajstić information content (AvgIpc) is 3.08. The summed E-state index contributed by atoms with van der Waals surface area (Å²) in [5.74, 6) is -1.48. The number of hydrogen-bond donors (Lipinski definition) is 2. The van der Waals surface area contributed by atoms with Gasteiger partial charge in [0.15, 0.2) is 23.3 Å². The number of anilines is 4. The summed E-state index contributed by atoms with van der Waals surface area (Å²) in [6, 6.07) is 13.5. The zero-order valence-corrected chi connectivity index (χ0v) is 28.4. The highest BCUT2D eigenvalue weighted by molar-refractivity contribution is 9.10. The zero-order chi connectivity index (χ0) is 33.9. The molecule has 15 heteroatoms. The van der Waals surface area contributed by atoms with Crippen LogP contribution in [0.1, 0.15) is 30.7 Å². The van der Waals surface area contributed by atoms with E-state index in [1.165, 1.54) is 19.5 Å². The summed E-state index contributed by atoms with van der Waals surface area (Å²) in [6.07, 6.45) is 1.42. The van der Waals surface area contributed by atoms with Crippen LogP contribution in [0.15, 0.2) is 65.4 Å². The molecule has 1 aliphatic heterocycles. The van der Waals surface area contributed by atoms with E-state index in [1.54, 1.807) is 48.5 Å². The van der Waals surface area contributed by atoms with Crippen molar-refractivity contribution in [2.45, 2.75) is 25.8 Å². The third-order valence-electron chi connectivity index (χ3n) is 7.99. The molecular weight excluding hydrogens is 734 g/mol. The van der Waals surface area contributed by atoms with Gasteiger partial charge in [-0.1, -0.05) is 47.5 Å². The molecule has 6 rings (SSSR count). The Morgan fingerprint density at radius 2 is 1.65 bits per heavy atom. The van der Waals surface area contributed by atoms with Crippen molar-refractivity contribution in [2.75, 3.05) is 30.8 Å². The van der Waals surface area contributed by atoms with Crippen LogP contribution in [-0.4, -0.2) is 51.0 Å². The van der Waals surface area contributed by atoms with Crippen LogP contribution >= 0.6 is 39.1 Å². The minimum atomic E-state index is -2.91. The van der Waals surface area contributed by atoms with Gasteiger partial charge in [0.1, 0.15) is 5.52 Å². The highest BCUT2D eigenvalue weighted by Gasteiger charge is 2.26. The topological polar surface area (TPSA) is 105 Å². The summed E-state index contributed by atoms with van der Waals surface area (Å²) in [5.41, 5.74) is 2.76. The number of alkyl halides is 2. The molecule has 0 unspecified atom stereocenters. The predicted octanol–water partition coefficient (Wildman–Crippen LogP) is 9.10. The van der Waals surface area contributed by atoms with Crippen LogP contribution in [0.5, 0.6) is 0 Å². The molecule has 3 aromatic heterocycles. The first kappa shape index (κ1) is 33.8. The Bertz CT molecular complexity index is 2000. The number of nitrogens with zero attached hydrogens (tertiary/aromatic N) is 5. The Hall–Kier alpha value is -4.04. The van der Waals surface area contributed by atoms with E-state index in [2.05, 4.69) is 51.4 Å². The Morgan fingerprint density at radius 1 is 1.00 bits per heavy atom. The van der Waals surface area contributed by atoms with Crippen LogP contribution in [-0.2, 0) is 16.1 Å². The Balaban J connectivity index is 1.25. The lowest BCUT2D eigenvalue weighted by molar-refractivity contribution is -0.147. The molecule has 2 aromatic carbocycles. The monoisotopic (exact) mass is 759 g/mol. The number of ether oxygens (including phenoxy) is 1. The maximum Gasteiger partial charge on any atom is 0.308 e. The maximum atomic E-state index is 15.7. The van der Waals surface area contributed by atoms with Crippen molar-refractivity contribution < 1.29 is 22.7 Å². The number of halogens is 6. The molecule has 5 aromatic rings. The fraction of sp³-hybridized carbons (Fsp3) is 0.242. The van der Waals surface area contributed by atoms with Gasteiger partial charge in [-0.2, -0.15) is 0 Å². The normalized spacial score (nSPS) is 14.0. The van der Waals surface area contributed by atoms with E-state index in [-0.39, 0.29) is 44.6 Å². The van der Waals surface area contributed by atoms with E-state index in [9.17, 15) is 13.6 Å². The second kappa shape index (κ2) is 14.6. The van der Waals surface area contributed by atoms with E-state index < -0.39 is 18.1 Å². The third kappa shape index (κ3) is 7.19. The second-order valence-corrected chi connectivity index (χ2v) is 12.7. The maximum absolute atomic E-state index is 15.7. The summed E-state index contributed by atoms with van der Waals surface area (Å²) in [7, 11) is 1.38. The number of carbonyl (C=O) groups excluding carboxylic acids is 1. The van der Waals surface area contributed by atoms with E-state index in [0.29, 0.717) is 65.0 Å². The Morgan fingerprint density at radius 3 is 2.27 bits per heavy atom. The molecule has 48 heavy (non-hydrogen) atoms. The number of esters is 1. The molecule has 9 nitrogen and oxygen atoms in total. The summed E-state index contributed by atoms with van der Waals surface area (Å²) in [5, 5.41) is 6.54. The quantitative estimate of drug-likeness (QED) is 0.142. The van der Waals surface area contributed by atoms with Gasteiger partial charge in [-0.25, -0.2) is 33.1 Å². The van der Waals surface area contributed by atoms with Crippen molar-refractivity contribution in [1.82, 2.24) is 24.8 Å². The van der Waals surface area contributed by atoms with Crippen molar-refractivity contribution in [2.24, 2.45) is 5.92 Å². The van der Waals surface area contributed by atoms with Crippen molar-refractivity contribution >= 4 is 79.1 Å². The molecule has 0 bridgehead atoms. The lowest BCUT2D eigenvalue weighted by Gasteiger charge is -2.30. The number of nitrogens with one attached hydrogen (secondary N) is 2. The highest BCUT2D eigenvalue weighted by atomic mass is 79.9. The van der Waals surface area contributed by atoms with Crippen LogP contribution < -0.4 is 10.6 Å². The number of rotatable bonds is 9. The van der Waals surface area contributed by atoms with Gasteiger partial charge < -0.3 is 15.4 Å². The first-order valence-electron chi connectivity index (χ1n) is 14.8. The number of piperidine rings is 1. The number of likely N-dealkylation sites (tertiary alicyclic amines) is 1. The Kier molecular flexibility index (Phi) is 10.3.